The van der Waals surface area contributed by atoms with E-state index in [0.29, 0.717) is 5.69 Å². The SMILES string of the molecule is O=C(C[C@@H](NCCO)C(=O)O)Nc1cccc(O)c1. The van der Waals surface area contributed by atoms with E-state index >= 15 is 0 Å². The molecule has 0 heterocycles. The van der Waals surface area contributed by atoms with Gasteiger partial charge in [-0.25, -0.2) is 0 Å². The van der Waals surface area contributed by atoms with Crippen molar-refractivity contribution in [1.29, 1.82) is 0 Å². The number of phenols is 1. The summed E-state index contributed by atoms with van der Waals surface area (Å²) < 4.78 is 0. The Bertz CT molecular complexity index is 450. The van der Waals surface area contributed by atoms with Gasteiger partial charge in [0.05, 0.1) is 13.0 Å². The second-order valence-electron chi connectivity index (χ2n) is 3.87. The predicted octanol–water partition coefficient (Wildman–Crippen LogP) is -0.244. The normalized spacial score (nSPS) is 11.8. The van der Waals surface area contributed by atoms with E-state index in [9.17, 15) is 14.7 Å². The van der Waals surface area contributed by atoms with E-state index in [1.54, 1.807) is 12.1 Å². The highest BCUT2D eigenvalue weighted by Crippen LogP contribution is 2.15. The average molecular weight is 268 g/mol. The molecule has 0 unspecified atom stereocenters. The van der Waals surface area contributed by atoms with Gasteiger partial charge < -0.3 is 26.0 Å². The number of rotatable bonds is 7. The van der Waals surface area contributed by atoms with Crippen LogP contribution in [0.5, 0.6) is 5.75 Å². The Kier molecular flexibility index (Phi) is 5.77. The van der Waals surface area contributed by atoms with E-state index in [-0.39, 0.29) is 25.3 Å². The van der Waals surface area contributed by atoms with Gasteiger partial charge in [0.1, 0.15) is 11.8 Å². The smallest absolute Gasteiger partial charge is 0.321 e. The lowest BCUT2D eigenvalue weighted by Gasteiger charge is -2.13. The van der Waals surface area contributed by atoms with Crippen LogP contribution in [0.15, 0.2) is 24.3 Å². The van der Waals surface area contributed by atoms with Crippen molar-refractivity contribution in [2.45, 2.75) is 12.5 Å². The summed E-state index contributed by atoms with van der Waals surface area (Å²) in [6.45, 7) is -0.117. The molecule has 104 valence electrons. The number of anilines is 1. The number of amides is 1. The molecule has 0 saturated heterocycles. The Balaban J connectivity index is 2.55. The van der Waals surface area contributed by atoms with Crippen molar-refractivity contribution in [3.05, 3.63) is 24.3 Å². The summed E-state index contributed by atoms with van der Waals surface area (Å²) in [7, 11) is 0. The molecule has 0 fully saturated rings. The van der Waals surface area contributed by atoms with Gasteiger partial charge in [0.25, 0.3) is 0 Å². The van der Waals surface area contributed by atoms with Crippen LogP contribution in [-0.4, -0.2) is 46.4 Å². The molecule has 1 rings (SSSR count). The predicted molar refractivity (Wildman–Crippen MR) is 67.9 cm³/mol. The standard InChI is InChI=1S/C12H16N2O5/c15-5-4-13-10(12(18)19)7-11(17)14-8-2-1-3-9(16)6-8/h1-3,6,10,13,15-16H,4-5,7H2,(H,14,17)(H,18,19)/t10-/m1/s1. The minimum absolute atomic E-state index is 0.00555. The van der Waals surface area contributed by atoms with Crippen LogP contribution in [0.4, 0.5) is 5.69 Å². The second kappa shape index (κ2) is 7.34. The highest BCUT2D eigenvalue weighted by Gasteiger charge is 2.20. The number of aromatic hydroxyl groups is 1. The van der Waals surface area contributed by atoms with Crippen LogP contribution < -0.4 is 10.6 Å². The Morgan fingerprint density at radius 2 is 2.05 bits per heavy atom. The van der Waals surface area contributed by atoms with Crippen LogP contribution in [-0.2, 0) is 9.59 Å². The topological polar surface area (TPSA) is 119 Å². The highest BCUT2D eigenvalue weighted by molar-refractivity contribution is 5.94. The fraction of sp³-hybridized carbons (Fsp3) is 0.333. The van der Waals surface area contributed by atoms with E-state index in [1.807, 2.05) is 0 Å². The average Bonchev–Trinajstić information content (AvgIpc) is 2.34. The van der Waals surface area contributed by atoms with Crippen LogP contribution in [0.2, 0.25) is 0 Å². The zero-order valence-corrected chi connectivity index (χ0v) is 10.2. The van der Waals surface area contributed by atoms with Gasteiger partial charge in [0, 0.05) is 18.3 Å². The number of hydrogen-bond acceptors (Lipinski definition) is 5. The third-order valence-corrected chi connectivity index (χ3v) is 2.32. The van der Waals surface area contributed by atoms with Crippen molar-refractivity contribution in [2.75, 3.05) is 18.5 Å². The summed E-state index contributed by atoms with van der Waals surface area (Å²) in [5.41, 5.74) is 0.385. The lowest BCUT2D eigenvalue weighted by Crippen LogP contribution is -2.41. The van der Waals surface area contributed by atoms with E-state index in [2.05, 4.69) is 10.6 Å². The molecule has 7 nitrogen and oxygen atoms in total. The number of aliphatic hydroxyl groups is 1. The minimum Gasteiger partial charge on any atom is -0.508 e. The van der Waals surface area contributed by atoms with Crippen LogP contribution in [0.1, 0.15) is 6.42 Å². The lowest BCUT2D eigenvalue weighted by molar-refractivity contribution is -0.141. The molecule has 0 aliphatic carbocycles. The Labute approximate surface area is 109 Å². The first-order valence-corrected chi connectivity index (χ1v) is 5.69. The molecule has 7 heteroatoms. The largest absolute Gasteiger partial charge is 0.508 e. The molecular formula is C12H16N2O5. The summed E-state index contributed by atoms with van der Waals surface area (Å²) in [5.74, 6) is -1.66. The molecule has 1 amide bonds. The first-order valence-electron chi connectivity index (χ1n) is 5.69. The number of carbonyl (C=O) groups excluding carboxylic acids is 1. The summed E-state index contributed by atoms with van der Waals surface area (Å²) >= 11 is 0. The summed E-state index contributed by atoms with van der Waals surface area (Å²) in [6.07, 6.45) is -0.273. The molecule has 0 saturated carbocycles. The fourth-order valence-corrected chi connectivity index (χ4v) is 1.47. The zero-order chi connectivity index (χ0) is 14.3. The first kappa shape index (κ1) is 14.9. The fourth-order valence-electron chi connectivity index (χ4n) is 1.47. The Hall–Kier alpha value is -2.12. The molecule has 0 bridgehead atoms. The zero-order valence-electron chi connectivity index (χ0n) is 10.2. The van der Waals surface area contributed by atoms with Crippen molar-refractivity contribution in [3.63, 3.8) is 0 Å². The third kappa shape index (κ3) is 5.36. The van der Waals surface area contributed by atoms with Crippen molar-refractivity contribution >= 4 is 17.6 Å². The molecule has 0 aromatic heterocycles. The van der Waals surface area contributed by atoms with Gasteiger partial charge in [-0.2, -0.15) is 0 Å². The van der Waals surface area contributed by atoms with Gasteiger partial charge in [0.2, 0.25) is 5.91 Å². The van der Waals surface area contributed by atoms with Crippen molar-refractivity contribution in [3.8, 4) is 5.75 Å². The van der Waals surface area contributed by atoms with Crippen molar-refractivity contribution < 1.29 is 24.9 Å². The number of carbonyl (C=O) groups is 2. The Morgan fingerprint density at radius 1 is 1.32 bits per heavy atom. The van der Waals surface area contributed by atoms with Crippen LogP contribution in [0.25, 0.3) is 0 Å². The number of aliphatic carboxylic acids is 1. The number of carboxylic acids is 1. The number of aliphatic hydroxyl groups excluding tert-OH is 1. The van der Waals surface area contributed by atoms with E-state index < -0.39 is 17.9 Å². The number of hydrogen-bond donors (Lipinski definition) is 5. The second-order valence-corrected chi connectivity index (χ2v) is 3.87. The number of carboxylic acid groups (broad SMARTS) is 1. The third-order valence-electron chi connectivity index (χ3n) is 2.32. The Morgan fingerprint density at radius 3 is 2.63 bits per heavy atom. The molecule has 5 N–H and O–H groups in total. The quantitative estimate of drug-likeness (QED) is 0.465. The van der Waals surface area contributed by atoms with Crippen molar-refractivity contribution in [1.82, 2.24) is 5.32 Å². The molecule has 0 aliphatic heterocycles. The number of nitrogens with one attached hydrogen (secondary N) is 2. The molecular weight excluding hydrogens is 252 g/mol. The summed E-state index contributed by atoms with van der Waals surface area (Å²) in [4.78, 5) is 22.5. The van der Waals surface area contributed by atoms with E-state index in [4.69, 9.17) is 10.2 Å². The molecule has 1 aromatic rings. The highest BCUT2D eigenvalue weighted by atomic mass is 16.4. The van der Waals surface area contributed by atoms with Gasteiger partial charge in [-0.05, 0) is 12.1 Å². The monoisotopic (exact) mass is 268 g/mol. The van der Waals surface area contributed by atoms with Crippen LogP contribution in [0, 0.1) is 0 Å². The summed E-state index contributed by atoms with van der Waals surface area (Å²) in [6, 6.07) is 4.88. The molecule has 1 atom stereocenters. The molecule has 0 aliphatic rings. The van der Waals surface area contributed by atoms with Gasteiger partial charge >= 0.3 is 5.97 Å². The van der Waals surface area contributed by atoms with Gasteiger partial charge in [-0.3, -0.25) is 9.59 Å². The number of phenolic OH excluding ortho intramolecular Hbond substituents is 1. The van der Waals surface area contributed by atoms with E-state index in [1.165, 1.54) is 12.1 Å². The molecule has 0 spiro atoms. The minimum atomic E-state index is -1.17. The first-order chi connectivity index (χ1) is 9.02. The molecule has 1 aromatic carbocycles. The molecule has 0 radical (unpaired) electrons. The van der Waals surface area contributed by atoms with E-state index in [0.717, 1.165) is 0 Å². The van der Waals surface area contributed by atoms with Gasteiger partial charge in [-0.1, -0.05) is 6.07 Å². The maximum Gasteiger partial charge on any atom is 0.321 e. The molecule has 19 heavy (non-hydrogen) atoms. The maximum absolute atomic E-state index is 11.6. The van der Waals surface area contributed by atoms with Crippen molar-refractivity contribution in [2.24, 2.45) is 0 Å². The van der Waals surface area contributed by atoms with Gasteiger partial charge in [0.15, 0.2) is 0 Å². The van der Waals surface area contributed by atoms with Crippen LogP contribution >= 0.6 is 0 Å². The van der Waals surface area contributed by atoms with Crippen LogP contribution in [0.3, 0.4) is 0 Å². The lowest BCUT2D eigenvalue weighted by atomic mass is 10.2. The summed E-state index contributed by atoms with van der Waals surface area (Å²) in [5, 5.41) is 31.8. The van der Waals surface area contributed by atoms with Gasteiger partial charge in [-0.15, -0.1) is 0 Å². The maximum atomic E-state index is 11.6. The number of benzene rings is 1.